The van der Waals surface area contributed by atoms with Gasteiger partial charge in [-0.2, -0.15) is 0 Å². The number of anilines is 1. The topological polar surface area (TPSA) is 32.7 Å². The number of hydrogen-bond acceptors (Lipinski definition) is 3. The minimum Gasteiger partial charge on any atom is -0.495 e. The van der Waals surface area contributed by atoms with E-state index in [2.05, 4.69) is 0 Å². The first-order valence-corrected chi connectivity index (χ1v) is 4.67. The molecular weight excluding hydrogens is 178 g/mol. The zero-order valence-electron chi connectivity index (χ0n) is 8.90. The third-order valence-electron chi connectivity index (χ3n) is 2.03. The summed E-state index contributed by atoms with van der Waals surface area (Å²) in [6.07, 6.45) is -0.343. The van der Waals surface area contributed by atoms with Crippen LogP contribution in [0.25, 0.3) is 0 Å². The van der Waals surface area contributed by atoms with Crippen LogP contribution in [0, 0.1) is 0 Å². The highest BCUT2D eigenvalue weighted by Gasteiger charge is 2.08. The zero-order chi connectivity index (χ0) is 10.6. The molecule has 0 heterocycles. The van der Waals surface area contributed by atoms with Crippen molar-refractivity contribution >= 4 is 5.69 Å². The minimum absolute atomic E-state index is 0.343. The van der Waals surface area contributed by atoms with Gasteiger partial charge in [-0.25, -0.2) is 0 Å². The standard InChI is InChI=1S/C11H17NO2/c1-9(13)8-12(2)10-6-4-5-7-11(10)14-3/h4-7,9,13H,8H2,1-3H3/t9-/m0/s1. The van der Waals surface area contributed by atoms with E-state index < -0.39 is 0 Å². The number of hydrogen-bond donors (Lipinski definition) is 1. The monoisotopic (exact) mass is 195 g/mol. The molecule has 1 aromatic rings. The molecule has 0 aliphatic heterocycles. The van der Waals surface area contributed by atoms with Crippen LogP contribution >= 0.6 is 0 Å². The van der Waals surface area contributed by atoms with E-state index >= 15 is 0 Å². The van der Waals surface area contributed by atoms with Crippen LogP contribution in [0.1, 0.15) is 6.92 Å². The summed E-state index contributed by atoms with van der Waals surface area (Å²) in [7, 11) is 3.58. The molecule has 3 heteroatoms. The molecule has 0 bridgehead atoms. The second-order valence-corrected chi connectivity index (χ2v) is 3.40. The summed E-state index contributed by atoms with van der Waals surface area (Å²) >= 11 is 0. The average Bonchev–Trinajstić information content (AvgIpc) is 2.16. The Bertz CT molecular complexity index is 286. The van der Waals surface area contributed by atoms with Crippen LogP contribution < -0.4 is 9.64 Å². The van der Waals surface area contributed by atoms with Crippen molar-refractivity contribution in [1.29, 1.82) is 0 Å². The number of benzene rings is 1. The number of nitrogens with zero attached hydrogens (tertiary/aromatic N) is 1. The van der Waals surface area contributed by atoms with Gasteiger partial charge in [0.25, 0.3) is 0 Å². The van der Waals surface area contributed by atoms with Crippen molar-refractivity contribution in [1.82, 2.24) is 0 Å². The van der Waals surface area contributed by atoms with Crippen molar-refractivity contribution in [3.8, 4) is 5.75 Å². The van der Waals surface area contributed by atoms with Crippen LogP contribution in [0.15, 0.2) is 24.3 Å². The summed E-state index contributed by atoms with van der Waals surface area (Å²) in [6, 6.07) is 7.77. The average molecular weight is 195 g/mol. The van der Waals surface area contributed by atoms with Gasteiger partial charge in [-0.05, 0) is 19.1 Å². The lowest BCUT2D eigenvalue weighted by molar-refractivity contribution is 0.201. The van der Waals surface area contributed by atoms with Crippen LogP contribution in [0.3, 0.4) is 0 Å². The quantitative estimate of drug-likeness (QED) is 0.790. The van der Waals surface area contributed by atoms with Crippen molar-refractivity contribution in [3.63, 3.8) is 0 Å². The predicted molar refractivity (Wildman–Crippen MR) is 57.9 cm³/mol. The van der Waals surface area contributed by atoms with Crippen LogP contribution in [0.5, 0.6) is 5.75 Å². The Morgan fingerprint density at radius 3 is 2.64 bits per heavy atom. The lowest BCUT2D eigenvalue weighted by atomic mass is 10.2. The van der Waals surface area contributed by atoms with Crippen molar-refractivity contribution < 1.29 is 9.84 Å². The van der Waals surface area contributed by atoms with E-state index in [1.807, 2.05) is 36.2 Å². The molecule has 1 aromatic carbocycles. The van der Waals surface area contributed by atoms with Crippen LogP contribution in [0.4, 0.5) is 5.69 Å². The van der Waals surface area contributed by atoms with Gasteiger partial charge in [0.05, 0.1) is 18.9 Å². The molecule has 0 radical (unpaired) electrons. The van der Waals surface area contributed by atoms with Gasteiger partial charge < -0.3 is 14.7 Å². The molecule has 78 valence electrons. The maximum Gasteiger partial charge on any atom is 0.142 e. The summed E-state index contributed by atoms with van der Waals surface area (Å²) in [5, 5.41) is 9.27. The summed E-state index contributed by atoms with van der Waals surface area (Å²) < 4.78 is 5.22. The van der Waals surface area contributed by atoms with Crippen LogP contribution in [-0.4, -0.2) is 31.9 Å². The van der Waals surface area contributed by atoms with Gasteiger partial charge in [0.15, 0.2) is 0 Å². The highest BCUT2D eigenvalue weighted by atomic mass is 16.5. The Morgan fingerprint density at radius 1 is 1.43 bits per heavy atom. The number of rotatable bonds is 4. The largest absolute Gasteiger partial charge is 0.495 e. The molecule has 0 spiro atoms. The molecule has 0 aromatic heterocycles. The van der Waals surface area contributed by atoms with Gasteiger partial charge in [-0.15, -0.1) is 0 Å². The van der Waals surface area contributed by atoms with E-state index in [4.69, 9.17) is 4.74 Å². The second kappa shape index (κ2) is 4.86. The number of para-hydroxylation sites is 2. The molecule has 1 rings (SSSR count). The lowest BCUT2D eigenvalue weighted by Gasteiger charge is -2.22. The Hall–Kier alpha value is -1.22. The first-order valence-electron chi connectivity index (χ1n) is 4.67. The lowest BCUT2D eigenvalue weighted by Crippen LogP contribution is -2.27. The van der Waals surface area contributed by atoms with Gasteiger partial charge in [-0.1, -0.05) is 12.1 Å². The van der Waals surface area contributed by atoms with Crippen molar-refractivity contribution in [2.75, 3.05) is 25.6 Å². The van der Waals surface area contributed by atoms with Crippen molar-refractivity contribution in [2.45, 2.75) is 13.0 Å². The van der Waals surface area contributed by atoms with Gasteiger partial charge >= 0.3 is 0 Å². The smallest absolute Gasteiger partial charge is 0.142 e. The molecule has 0 amide bonds. The van der Waals surface area contributed by atoms with E-state index in [1.54, 1.807) is 14.0 Å². The molecule has 3 nitrogen and oxygen atoms in total. The van der Waals surface area contributed by atoms with Gasteiger partial charge in [0, 0.05) is 13.6 Å². The van der Waals surface area contributed by atoms with Crippen LogP contribution in [0.2, 0.25) is 0 Å². The normalized spacial score (nSPS) is 12.3. The van der Waals surface area contributed by atoms with Gasteiger partial charge in [0.1, 0.15) is 5.75 Å². The fourth-order valence-corrected chi connectivity index (χ4v) is 1.44. The fourth-order valence-electron chi connectivity index (χ4n) is 1.44. The van der Waals surface area contributed by atoms with Crippen molar-refractivity contribution in [3.05, 3.63) is 24.3 Å². The van der Waals surface area contributed by atoms with Gasteiger partial charge in [0.2, 0.25) is 0 Å². The van der Waals surface area contributed by atoms with E-state index in [0.717, 1.165) is 11.4 Å². The van der Waals surface area contributed by atoms with E-state index in [0.29, 0.717) is 6.54 Å². The van der Waals surface area contributed by atoms with E-state index in [-0.39, 0.29) is 6.10 Å². The number of likely N-dealkylation sites (N-methyl/N-ethyl adjacent to an activating group) is 1. The maximum atomic E-state index is 9.27. The Morgan fingerprint density at radius 2 is 2.07 bits per heavy atom. The second-order valence-electron chi connectivity index (χ2n) is 3.40. The number of ether oxygens (including phenoxy) is 1. The maximum absolute atomic E-state index is 9.27. The number of methoxy groups -OCH3 is 1. The van der Waals surface area contributed by atoms with Gasteiger partial charge in [-0.3, -0.25) is 0 Å². The highest BCUT2D eigenvalue weighted by molar-refractivity contribution is 5.57. The number of aliphatic hydroxyl groups excluding tert-OH is 1. The predicted octanol–water partition coefficient (Wildman–Crippen LogP) is 1.51. The summed E-state index contributed by atoms with van der Waals surface area (Å²) in [5.41, 5.74) is 0.996. The summed E-state index contributed by atoms with van der Waals surface area (Å²) in [6.45, 7) is 2.37. The van der Waals surface area contributed by atoms with Crippen molar-refractivity contribution in [2.24, 2.45) is 0 Å². The Labute approximate surface area is 84.9 Å². The molecule has 14 heavy (non-hydrogen) atoms. The number of aliphatic hydroxyl groups is 1. The van der Waals surface area contributed by atoms with E-state index in [9.17, 15) is 5.11 Å². The SMILES string of the molecule is COc1ccccc1N(C)C[C@H](C)O. The zero-order valence-corrected chi connectivity index (χ0v) is 8.90. The molecule has 0 saturated heterocycles. The molecular formula is C11H17NO2. The summed E-state index contributed by atoms with van der Waals surface area (Å²) in [5.74, 6) is 0.829. The first kappa shape index (κ1) is 10.9. The molecule has 0 saturated carbocycles. The summed E-state index contributed by atoms with van der Waals surface area (Å²) in [4.78, 5) is 1.98. The molecule has 1 N–H and O–H groups in total. The molecule has 0 aliphatic rings. The van der Waals surface area contributed by atoms with E-state index in [1.165, 1.54) is 0 Å². The third kappa shape index (κ3) is 2.64. The molecule has 0 unspecified atom stereocenters. The Kier molecular flexibility index (Phi) is 3.77. The van der Waals surface area contributed by atoms with Crippen LogP contribution in [-0.2, 0) is 0 Å². The first-order chi connectivity index (χ1) is 6.65. The third-order valence-corrected chi connectivity index (χ3v) is 2.03. The molecule has 0 fully saturated rings. The molecule has 0 aliphatic carbocycles. The minimum atomic E-state index is -0.343. The molecule has 1 atom stereocenters. The Balaban J connectivity index is 2.82. The fraction of sp³-hybridized carbons (Fsp3) is 0.455. The highest BCUT2D eigenvalue weighted by Crippen LogP contribution is 2.26.